The molecule has 0 bridgehead atoms. The smallest absolute Gasteiger partial charge is 0.174 e. The van der Waals surface area contributed by atoms with Gasteiger partial charge in [0, 0.05) is 24.0 Å². The van der Waals surface area contributed by atoms with Crippen molar-refractivity contribution >= 4 is 15.9 Å². The van der Waals surface area contributed by atoms with E-state index in [2.05, 4.69) is 37.9 Å². The van der Waals surface area contributed by atoms with Gasteiger partial charge in [-0.1, -0.05) is 58.4 Å². The number of nitrogens with zero attached hydrogens (tertiary/aromatic N) is 2. The summed E-state index contributed by atoms with van der Waals surface area (Å²) >= 11 is 3.52. The van der Waals surface area contributed by atoms with E-state index in [1.54, 1.807) is 26.6 Å². The van der Waals surface area contributed by atoms with Crippen LogP contribution in [0.2, 0.25) is 0 Å². The van der Waals surface area contributed by atoms with Crippen molar-refractivity contribution in [1.29, 1.82) is 0 Å². The van der Waals surface area contributed by atoms with E-state index in [4.69, 9.17) is 14.2 Å². The predicted octanol–water partition coefficient (Wildman–Crippen LogP) is 5.10. The van der Waals surface area contributed by atoms with E-state index in [-0.39, 0.29) is 5.92 Å². The van der Waals surface area contributed by atoms with E-state index in [9.17, 15) is 5.11 Å². The van der Waals surface area contributed by atoms with Gasteiger partial charge in [-0.15, -0.1) is 0 Å². The minimum absolute atomic E-state index is 0.00279. The molecule has 2 aromatic carbocycles. The minimum atomic E-state index is -1.20. The number of fused-ring (bicyclic) bond motifs is 3. The Morgan fingerprint density at radius 2 is 1.80 bits per heavy atom. The second-order valence-corrected chi connectivity index (χ2v) is 10.1. The zero-order valence-corrected chi connectivity index (χ0v) is 22.3. The summed E-state index contributed by atoms with van der Waals surface area (Å²) in [5.74, 6) is 1.15. The van der Waals surface area contributed by atoms with Crippen LogP contribution in [0.1, 0.15) is 35.4 Å². The summed E-state index contributed by atoms with van der Waals surface area (Å²) in [7, 11) is 7.37. The fourth-order valence-electron chi connectivity index (χ4n) is 5.29. The van der Waals surface area contributed by atoms with Crippen LogP contribution in [0.25, 0.3) is 0 Å². The molecule has 1 saturated carbocycles. The topological polar surface area (TPSA) is 64.1 Å². The summed E-state index contributed by atoms with van der Waals surface area (Å²) in [6.45, 7) is 1.84. The monoisotopic (exact) mass is 540 g/mol. The van der Waals surface area contributed by atoms with Gasteiger partial charge in [0.25, 0.3) is 0 Å². The number of likely N-dealkylation sites (N-methyl/N-ethyl adjacent to an activating group) is 1. The lowest BCUT2D eigenvalue weighted by Crippen LogP contribution is -2.48. The molecule has 2 aliphatic rings. The Labute approximate surface area is 216 Å². The van der Waals surface area contributed by atoms with Crippen molar-refractivity contribution in [2.45, 2.75) is 30.0 Å². The Kier molecular flexibility index (Phi) is 7.81. The molecular formula is C28H33BrN2O4. The molecule has 2 heterocycles. The molecule has 0 amide bonds. The second-order valence-electron chi connectivity index (χ2n) is 9.22. The first-order chi connectivity index (χ1) is 16.9. The number of benzene rings is 2. The summed E-state index contributed by atoms with van der Waals surface area (Å²) in [5.41, 5.74) is 0.661. The van der Waals surface area contributed by atoms with Crippen molar-refractivity contribution in [3.05, 3.63) is 88.2 Å². The molecule has 3 aromatic rings. The fourth-order valence-corrected chi connectivity index (χ4v) is 5.55. The number of hydrogen-bond acceptors (Lipinski definition) is 6. The predicted molar refractivity (Wildman–Crippen MR) is 140 cm³/mol. The summed E-state index contributed by atoms with van der Waals surface area (Å²) < 4.78 is 18.0. The van der Waals surface area contributed by atoms with Crippen molar-refractivity contribution in [1.82, 2.24) is 9.88 Å². The first-order valence-electron chi connectivity index (χ1n) is 11.8. The van der Waals surface area contributed by atoms with E-state index in [1.165, 1.54) is 0 Å². The molecule has 3 unspecified atom stereocenters. The molecular weight excluding hydrogens is 508 g/mol. The molecule has 5 rings (SSSR count). The molecule has 1 N–H and O–H groups in total. The molecule has 1 aliphatic carbocycles. The number of aromatic nitrogens is 1. The highest BCUT2D eigenvalue weighted by atomic mass is 79.9. The van der Waals surface area contributed by atoms with Crippen LogP contribution in [-0.4, -0.2) is 56.5 Å². The zero-order valence-electron chi connectivity index (χ0n) is 20.7. The van der Waals surface area contributed by atoms with E-state index in [0.29, 0.717) is 23.5 Å². The average molecular weight is 541 g/mol. The van der Waals surface area contributed by atoms with Crippen molar-refractivity contribution < 1.29 is 19.3 Å². The lowest BCUT2D eigenvalue weighted by atomic mass is 9.72. The van der Waals surface area contributed by atoms with E-state index in [1.807, 2.05) is 56.6 Å². The van der Waals surface area contributed by atoms with Crippen molar-refractivity contribution in [3.63, 3.8) is 0 Å². The first kappa shape index (κ1) is 25.6. The highest BCUT2D eigenvalue weighted by Gasteiger charge is 2.69. The molecule has 1 fully saturated rings. The normalized spacial score (nSPS) is 24.3. The Morgan fingerprint density at radius 1 is 1.09 bits per heavy atom. The maximum Gasteiger partial charge on any atom is 0.174 e. The molecule has 0 saturated heterocycles. The van der Waals surface area contributed by atoms with Gasteiger partial charge in [-0.25, -0.2) is 0 Å². The molecule has 0 radical (unpaired) electrons. The van der Waals surface area contributed by atoms with Gasteiger partial charge < -0.3 is 24.2 Å². The van der Waals surface area contributed by atoms with Crippen LogP contribution >= 0.6 is 15.9 Å². The van der Waals surface area contributed by atoms with Gasteiger partial charge in [0.1, 0.15) is 17.1 Å². The molecule has 0 spiro atoms. The quantitative estimate of drug-likeness (QED) is 0.469. The Balaban J connectivity index is 0.000000364. The lowest BCUT2D eigenvalue weighted by Gasteiger charge is -2.40. The zero-order chi connectivity index (χ0) is 25.1. The third-order valence-corrected chi connectivity index (χ3v) is 7.43. The molecule has 1 aliphatic heterocycles. The molecule has 35 heavy (non-hydrogen) atoms. The molecule has 7 heteroatoms. The number of methoxy groups -OCH3 is 2. The summed E-state index contributed by atoms with van der Waals surface area (Å²) in [6.07, 6.45) is 4.71. The second kappa shape index (κ2) is 10.7. The van der Waals surface area contributed by atoms with Gasteiger partial charge in [0.15, 0.2) is 5.60 Å². The first-order valence-corrected chi connectivity index (χ1v) is 12.5. The number of rotatable bonds is 6. The minimum Gasteiger partial charge on any atom is -0.495 e. The number of hydrogen-bond donors (Lipinski definition) is 1. The van der Waals surface area contributed by atoms with Gasteiger partial charge in [-0.2, -0.15) is 0 Å². The van der Waals surface area contributed by atoms with Crippen molar-refractivity contribution in [3.8, 4) is 11.5 Å². The fraction of sp³-hybridized carbons (Fsp3) is 0.393. The number of aliphatic hydroxyl groups is 1. The number of halogens is 1. The third kappa shape index (κ3) is 4.58. The van der Waals surface area contributed by atoms with E-state index in [0.717, 1.165) is 35.2 Å². The Bertz CT molecular complexity index is 1130. The summed E-state index contributed by atoms with van der Waals surface area (Å²) in [6, 6.07) is 18.3. The highest BCUT2D eigenvalue weighted by Crippen LogP contribution is 2.67. The Morgan fingerprint density at radius 3 is 2.40 bits per heavy atom. The maximum atomic E-state index is 12.2. The number of pyridine rings is 1. The van der Waals surface area contributed by atoms with Crippen LogP contribution < -0.4 is 9.47 Å². The highest BCUT2D eigenvalue weighted by molar-refractivity contribution is 9.10. The van der Waals surface area contributed by atoms with Crippen LogP contribution in [0.4, 0.5) is 0 Å². The van der Waals surface area contributed by atoms with Gasteiger partial charge in [-0.05, 0) is 50.2 Å². The summed E-state index contributed by atoms with van der Waals surface area (Å²) in [4.78, 5) is 6.34. The summed E-state index contributed by atoms with van der Waals surface area (Å²) in [5, 5.41) is 12.2. The largest absolute Gasteiger partial charge is 0.495 e. The SMILES string of the molecule is COCCN(C)C.COc1cncc2c1C1(O)CCC(c3ccccc3)C1(c1ccc(Br)cc1)O2. The third-order valence-electron chi connectivity index (χ3n) is 6.90. The van der Waals surface area contributed by atoms with Crippen LogP contribution in [0, 0.1) is 0 Å². The van der Waals surface area contributed by atoms with E-state index < -0.39 is 11.2 Å². The van der Waals surface area contributed by atoms with Crippen molar-refractivity contribution in [2.75, 3.05) is 41.5 Å². The standard InChI is InChI=1S/C23H20BrNO3.C5H13NO/c1-27-19-13-25-14-20-21(19)22(26)12-11-18(15-5-3-2-4-6-15)23(22,28-20)16-7-9-17(24)10-8-16;1-6(2)4-5-7-3/h2-10,13-14,18,26H,11-12H2,1H3;4-5H2,1-3H3. The van der Waals surface area contributed by atoms with Crippen molar-refractivity contribution in [2.24, 2.45) is 0 Å². The molecule has 3 atom stereocenters. The van der Waals surface area contributed by atoms with Crippen LogP contribution in [0.15, 0.2) is 71.5 Å². The van der Waals surface area contributed by atoms with Crippen LogP contribution in [0.3, 0.4) is 0 Å². The van der Waals surface area contributed by atoms with Crippen LogP contribution in [-0.2, 0) is 15.9 Å². The van der Waals surface area contributed by atoms with Gasteiger partial charge in [0.05, 0.1) is 31.7 Å². The average Bonchev–Trinajstić information content (AvgIpc) is 3.31. The maximum absolute atomic E-state index is 12.2. The van der Waals surface area contributed by atoms with Gasteiger partial charge in [0.2, 0.25) is 0 Å². The van der Waals surface area contributed by atoms with E-state index >= 15 is 0 Å². The molecule has 6 nitrogen and oxygen atoms in total. The lowest BCUT2D eigenvalue weighted by molar-refractivity contribution is -0.106. The van der Waals surface area contributed by atoms with Gasteiger partial charge >= 0.3 is 0 Å². The molecule has 1 aromatic heterocycles. The Hall–Kier alpha value is -2.45. The van der Waals surface area contributed by atoms with Gasteiger partial charge in [-0.3, -0.25) is 4.98 Å². The van der Waals surface area contributed by atoms with Crippen LogP contribution in [0.5, 0.6) is 11.5 Å². The number of ether oxygens (including phenoxy) is 3. The molecule has 186 valence electrons.